The summed E-state index contributed by atoms with van der Waals surface area (Å²) in [5.41, 5.74) is 2.09. The Morgan fingerprint density at radius 1 is 1.23 bits per heavy atom. The summed E-state index contributed by atoms with van der Waals surface area (Å²) in [5, 5.41) is 16.7. The van der Waals surface area contributed by atoms with Gasteiger partial charge < -0.3 is 15.4 Å². The molecule has 1 aliphatic carbocycles. The molecule has 1 fully saturated rings. The topological polar surface area (TPSA) is 93.5 Å². The van der Waals surface area contributed by atoms with Gasteiger partial charge in [-0.05, 0) is 55.5 Å². The van der Waals surface area contributed by atoms with Gasteiger partial charge >= 0.3 is 6.03 Å². The minimum absolute atomic E-state index is 0.0325. The van der Waals surface area contributed by atoms with Crippen LogP contribution >= 0.6 is 0 Å². The van der Waals surface area contributed by atoms with Crippen LogP contribution in [-0.2, 0) is 0 Å². The Balaban J connectivity index is 1.68. The predicted molar refractivity (Wildman–Crippen MR) is 98.4 cm³/mol. The number of nitro benzene ring substituents is 1. The molecule has 2 amide bonds. The van der Waals surface area contributed by atoms with Crippen LogP contribution < -0.4 is 15.4 Å². The van der Waals surface area contributed by atoms with Crippen molar-refractivity contribution in [2.24, 2.45) is 5.92 Å². The number of nitrogens with one attached hydrogen (secondary N) is 2. The summed E-state index contributed by atoms with van der Waals surface area (Å²) in [5.74, 6) is 1.20. The lowest BCUT2D eigenvalue weighted by Crippen LogP contribution is -2.33. The molecule has 3 rings (SSSR count). The van der Waals surface area contributed by atoms with Gasteiger partial charge in [0.15, 0.2) is 0 Å². The summed E-state index contributed by atoms with van der Waals surface area (Å²) in [4.78, 5) is 22.8. The maximum absolute atomic E-state index is 12.4. The van der Waals surface area contributed by atoms with Crippen LogP contribution in [0.3, 0.4) is 0 Å². The number of ether oxygens (including phenoxy) is 1. The van der Waals surface area contributed by atoms with Gasteiger partial charge in [-0.1, -0.05) is 12.1 Å². The molecule has 2 aromatic rings. The van der Waals surface area contributed by atoms with Gasteiger partial charge in [0.1, 0.15) is 5.75 Å². The largest absolute Gasteiger partial charge is 0.497 e. The number of carbonyl (C=O) groups is 1. The van der Waals surface area contributed by atoms with Crippen molar-refractivity contribution in [1.82, 2.24) is 5.32 Å². The summed E-state index contributed by atoms with van der Waals surface area (Å²) in [7, 11) is 1.62. The molecule has 0 heterocycles. The van der Waals surface area contributed by atoms with E-state index in [1.807, 2.05) is 24.3 Å². The smallest absolute Gasteiger partial charge is 0.319 e. The first-order valence-electron chi connectivity index (χ1n) is 8.44. The fourth-order valence-corrected chi connectivity index (χ4v) is 2.96. The van der Waals surface area contributed by atoms with E-state index < -0.39 is 4.92 Å². The van der Waals surface area contributed by atoms with Gasteiger partial charge in [-0.25, -0.2) is 4.79 Å². The monoisotopic (exact) mass is 355 g/mol. The number of nitrogens with zero attached hydrogens (tertiary/aromatic N) is 1. The number of benzene rings is 2. The third-order valence-electron chi connectivity index (χ3n) is 4.51. The molecule has 1 aliphatic rings. The average Bonchev–Trinajstić information content (AvgIpc) is 3.44. The summed E-state index contributed by atoms with van der Waals surface area (Å²) >= 11 is 0. The normalized spacial score (nSPS) is 14.4. The van der Waals surface area contributed by atoms with Gasteiger partial charge in [-0.15, -0.1) is 0 Å². The van der Waals surface area contributed by atoms with Crippen molar-refractivity contribution in [3.63, 3.8) is 0 Å². The third-order valence-corrected chi connectivity index (χ3v) is 4.51. The molecule has 0 aromatic heterocycles. The van der Waals surface area contributed by atoms with Crippen molar-refractivity contribution >= 4 is 17.4 Å². The first kappa shape index (κ1) is 17.7. The number of urea groups is 1. The van der Waals surface area contributed by atoms with Gasteiger partial charge in [0.05, 0.1) is 18.1 Å². The highest BCUT2D eigenvalue weighted by Crippen LogP contribution is 2.41. The Kier molecular flexibility index (Phi) is 5.06. The molecule has 0 radical (unpaired) electrons. The molecule has 1 unspecified atom stereocenters. The number of amides is 2. The van der Waals surface area contributed by atoms with Gasteiger partial charge in [-0.2, -0.15) is 0 Å². The number of hydrogen-bond donors (Lipinski definition) is 2. The van der Waals surface area contributed by atoms with Crippen molar-refractivity contribution in [2.45, 2.75) is 25.8 Å². The molecule has 1 saturated carbocycles. The van der Waals surface area contributed by atoms with E-state index in [2.05, 4.69) is 10.6 Å². The number of hydrogen-bond acceptors (Lipinski definition) is 4. The Morgan fingerprint density at radius 2 is 1.92 bits per heavy atom. The zero-order valence-electron chi connectivity index (χ0n) is 14.7. The van der Waals surface area contributed by atoms with Gasteiger partial charge in [-0.3, -0.25) is 10.1 Å². The Labute approximate surface area is 151 Å². The summed E-state index contributed by atoms with van der Waals surface area (Å²) in [6.07, 6.45) is 2.15. The fourth-order valence-electron chi connectivity index (χ4n) is 2.96. The molecule has 2 aromatic carbocycles. The lowest BCUT2D eigenvalue weighted by Gasteiger charge is -2.19. The van der Waals surface area contributed by atoms with E-state index in [1.165, 1.54) is 12.1 Å². The lowest BCUT2D eigenvalue weighted by molar-refractivity contribution is -0.385. The van der Waals surface area contributed by atoms with E-state index in [9.17, 15) is 14.9 Å². The first-order chi connectivity index (χ1) is 12.5. The number of aryl methyl sites for hydroxylation is 1. The maximum atomic E-state index is 12.4. The third kappa shape index (κ3) is 4.11. The van der Waals surface area contributed by atoms with Crippen LogP contribution in [0.1, 0.15) is 30.0 Å². The van der Waals surface area contributed by atoms with Gasteiger partial charge in [0.25, 0.3) is 5.69 Å². The van der Waals surface area contributed by atoms with Crippen molar-refractivity contribution in [2.75, 3.05) is 12.4 Å². The summed E-state index contributed by atoms with van der Waals surface area (Å²) in [6.45, 7) is 1.64. The minimum Gasteiger partial charge on any atom is -0.497 e. The molecule has 1 atom stereocenters. The second-order valence-electron chi connectivity index (χ2n) is 6.45. The van der Waals surface area contributed by atoms with E-state index in [0.717, 1.165) is 24.2 Å². The van der Waals surface area contributed by atoms with Crippen LogP contribution in [0.15, 0.2) is 42.5 Å². The van der Waals surface area contributed by atoms with Crippen LogP contribution in [0.5, 0.6) is 5.75 Å². The fraction of sp³-hybridized carbons (Fsp3) is 0.316. The summed E-state index contributed by atoms with van der Waals surface area (Å²) in [6, 6.07) is 11.8. The quantitative estimate of drug-likeness (QED) is 0.600. The number of anilines is 1. The van der Waals surface area contributed by atoms with Crippen LogP contribution in [-0.4, -0.2) is 18.1 Å². The Morgan fingerprint density at radius 3 is 2.46 bits per heavy atom. The van der Waals surface area contributed by atoms with E-state index in [-0.39, 0.29) is 17.8 Å². The molecular formula is C19H21N3O4. The molecule has 26 heavy (non-hydrogen) atoms. The molecule has 2 N–H and O–H groups in total. The predicted octanol–water partition coefficient (Wildman–Crippen LogP) is 4.18. The maximum Gasteiger partial charge on any atom is 0.319 e. The molecule has 0 spiro atoms. The number of rotatable bonds is 6. The van der Waals surface area contributed by atoms with Crippen molar-refractivity contribution in [3.05, 3.63) is 63.7 Å². The van der Waals surface area contributed by atoms with E-state index in [1.54, 1.807) is 20.1 Å². The second kappa shape index (κ2) is 7.43. The minimum atomic E-state index is -0.439. The zero-order valence-corrected chi connectivity index (χ0v) is 14.7. The van der Waals surface area contributed by atoms with Crippen LogP contribution in [0, 0.1) is 23.0 Å². The zero-order chi connectivity index (χ0) is 18.7. The summed E-state index contributed by atoms with van der Waals surface area (Å²) < 4.78 is 5.18. The highest BCUT2D eigenvalue weighted by molar-refractivity contribution is 5.89. The van der Waals surface area contributed by atoms with Gasteiger partial charge in [0, 0.05) is 17.3 Å². The van der Waals surface area contributed by atoms with Gasteiger partial charge in [0.2, 0.25) is 0 Å². The van der Waals surface area contributed by atoms with E-state index >= 15 is 0 Å². The van der Waals surface area contributed by atoms with Crippen LogP contribution in [0.4, 0.5) is 16.2 Å². The van der Waals surface area contributed by atoms with E-state index in [4.69, 9.17) is 4.74 Å². The SMILES string of the molecule is COc1ccc(C(NC(=O)Nc2ccc([N+](=O)[O-])c(C)c2)C2CC2)cc1. The molecule has 0 aliphatic heterocycles. The highest BCUT2D eigenvalue weighted by atomic mass is 16.6. The van der Waals surface area contributed by atoms with Crippen LogP contribution in [0.2, 0.25) is 0 Å². The molecule has 0 saturated heterocycles. The average molecular weight is 355 g/mol. The molecule has 7 nitrogen and oxygen atoms in total. The van der Waals surface area contributed by atoms with Crippen molar-refractivity contribution in [1.29, 1.82) is 0 Å². The number of carbonyl (C=O) groups excluding carboxylic acids is 1. The van der Waals surface area contributed by atoms with Crippen molar-refractivity contribution < 1.29 is 14.5 Å². The Bertz CT molecular complexity index is 816. The molecule has 7 heteroatoms. The Hall–Kier alpha value is -3.09. The standard InChI is InChI=1S/C19H21N3O4/c1-12-11-15(7-10-17(12)22(24)25)20-19(23)21-18(13-3-4-13)14-5-8-16(26-2)9-6-14/h5-11,13,18H,3-4H2,1-2H3,(H2,20,21,23). The molecular weight excluding hydrogens is 334 g/mol. The highest BCUT2D eigenvalue weighted by Gasteiger charge is 2.33. The lowest BCUT2D eigenvalue weighted by atomic mass is 10.0. The first-order valence-corrected chi connectivity index (χ1v) is 8.44. The van der Waals surface area contributed by atoms with Crippen molar-refractivity contribution in [3.8, 4) is 5.75 Å². The molecule has 136 valence electrons. The second-order valence-corrected chi connectivity index (χ2v) is 6.45. The number of nitro groups is 1. The molecule has 0 bridgehead atoms. The van der Waals surface area contributed by atoms with Crippen LogP contribution in [0.25, 0.3) is 0 Å². The van der Waals surface area contributed by atoms with E-state index in [0.29, 0.717) is 17.2 Å². The number of methoxy groups -OCH3 is 1.